The summed E-state index contributed by atoms with van der Waals surface area (Å²) >= 11 is 5.83. The number of nitrogens with two attached hydrogens (primary N) is 1. The third kappa shape index (κ3) is 2.40. The van der Waals surface area contributed by atoms with E-state index in [1.54, 1.807) is 36.4 Å². The van der Waals surface area contributed by atoms with Gasteiger partial charge in [-0.3, -0.25) is 0 Å². The number of carbonyl (C=O) groups is 1. The highest BCUT2D eigenvalue weighted by molar-refractivity contribution is 6.33. The van der Waals surface area contributed by atoms with E-state index in [1.807, 2.05) is 6.07 Å². The number of carboxylic acid groups (broad SMARTS) is 1. The molecular weight excluding hydrogens is 238 g/mol. The second kappa shape index (κ2) is 4.47. The van der Waals surface area contributed by atoms with Crippen molar-refractivity contribution in [2.24, 2.45) is 0 Å². The van der Waals surface area contributed by atoms with Crippen LogP contribution in [-0.2, 0) is 0 Å². The lowest BCUT2D eigenvalue weighted by Crippen LogP contribution is -1.95. The van der Waals surface area contributed by atoms with Gasteiger partial charge in [-0.2, -0.15) is 0 Å². The van der Waals surface area contributed by atoms with Crippen molar-refractivity contribution in [3.8, 4) is 11.1 Å². The van der Waals surface area contributed by atoms with Gasteiger partial charge in [0, 0.05) is 0 Å². The highest BCUT2D eigenvalue weighted by atomic mass is 35.5. The zero-order valence-corrected chi connectivity index (χ0v) is 9.61. The average Bonchev–Trinajstić information content (AvgIpc) is 2.33. The Balaban J connectivity index is 2.39. The number of halogens is 1. The summed E-state index contributed by atoms with van der Waals surface area (Å²) in [6.07, 6.45) is 0. The Morgan fingerprint density at radius 3 is 2.18 bits per heavy atom. The topological polar surface area (TPSA) is 63.3 Å². The molecule has 3 N–H and O–H groups in total. The van der Waals surface area contributed by atoms with Gasteiger partial charge in [-0.15, -0.1) is 0 Å². The van der Waals surface area contributed by atoms with E-state index in [0.717, 1.165) is 11.1 Å². The van der Waals surface area contributed by atoms with E-state index in [-0.39, 0.29) is 5.56 Å². The number of rotatable bonds is 2. The minimum Gasteiger partial charge on any atom is -0.478 e. The van der Waals surface area contributed by atoms with Crippen molar-refractivity contribution in [1.82, 2.24) is 0 Å². The molecule has 0 bridgehead atoms. The van der Waals surface area contributed by atoms with E-state index in [4.69, 9.17) is 22.4 Å². The molecule has 4 heteroatoms. The second-order valence-corrected chi connectivity index (χ2v) is 4.03. The third-order valence-corrected chi connectivity index (χ3v) is 2.81. The first-order valence-electron chi connectivity index (χ1n) is 4.96. The molecule has 0 heterocycles. The van der Waals surface area contributed by atoms with Crippen molar-refractivity contribution >= 4 is 23.3 Å². The van der Waals surface area contributed by atoms with Crippen molar-refractivity contribution in [1.29, 1.82) is 0 Å². The first-order chi connectivity index (χ1) is 8.08. The molecule has 0 aliphatic rings. The molecule has 0 aromatic heterocycles. The average molecular weight is 248 g/mol. The van der Waals surface area contributed by atoms with Crippen LogP contribution in [0.1, 0.15) is 10.4 Å². The number of hydrogen-bond donors (Lipinski definition) is 2. The highest BCUT2D eigenvalue weighted by Gasteiger charge is 2.04. The molecule has 17 heavy (non-hydrogen) atoms. The molecule has 3 nitrogen and oxygen atoms in total. The second-order valence-electron chi connectivity index (χ2n) is 3.62. The van der Waals surface area contributed by atoms with Gasteiger partial charge in [0.1, 0.15) is 0 Å². The molecule has 0 unspecified atom stereocenters. The molecule has 2 rings (SSSR count). The largest absolute Gasteiger partial charge is 0.478 e. The molecule has 2 aromatic rings. The van der Waals surface area contributed by atoms with Crippen LogP contribution < -0.4 is 5.73 Å². The number of nitrogen functional groups attached to an aromatic ring is 1. The van der Waals surface area contributed by atoms with Crippen molar-refractivity contribution in [3.63, 3.8) is 0 Å². The number of carboxylic acids is 1. The van der Waals surface area contributed by atoms with E-state index in [9.17, 15) is 4.79 Å². The van der Waals surface area contributed by atoms with Crippen LogP contribution in [0.5, 0.6) is 0 Å². The Labute approximate surface area is 103 Å². The smallest absolute Gasteiger partial charge is 0.335 e. The normalized spacial score (nSPS) is 10.2. The molecule has 0 spiro atoms. The summed E-state index contributed by atoms with van der Waals surface area (Å²) < 4.78 is 0. The van der Waals surface area contributed by atoms with Crippen LogP contribution in [0, 0.1) is 0 Å². The Morgan fingerprint density at radius 2 is 1.65 bits per heavy atom. The minimum absolute atomic E-state index is 0.260. The van der Waals surface area contributed by atoms with E-state index in [2.05, 4.69) is 0 Å². The fourth-order valence-electron chi connectivity index (χ4n) is 1.53. The van der Waals surface area contributed by atoms with E-state index in [1.165, 1.54) is 0 Å². The molecule has 0 saturated heterocycles. The molecule has 0 atom stereocenters. The summed E-state index contributed by atoms with van der Waals surface area (Å²) in [4.78, 5) is 10.7. The number of anilines is 1. The molecule has 2 aromatic carbocycles. The van der Waals surface area contributed by atoms with Gasteiger partial charge < -0.3 is 10.8 Å². The molecule has 0 saturated carbocycles. The van der Waals surface area contributed by atoms with Crippen molar-refractivity contribution in [2.45, 2.75) is 0 Å². The standard InChI is InChI=1S/C13H10ClNO2/c14-11-6-5-10(7-12(11)15)8-1-3-9(4-2-8)13(16)17/h1-7H,15H2,(H,16,17). The monoisotopic (exact) mass is 247 g/mol. The quantitative estimate of drug-likeness (QED) is 0.801. The van der Waals surface area contributed by atoms with Gasteiger partial charge in [0.05, 0.1) is 16.3 Å². The van der Waals surface area contributed by atoms with E-state index < -0.39 is 5.97 Å². The minimum atomic E-state index is -0.938. The number of benzene rings is 2. The number of hydrogen-bond acceptors (Lipinski definition) is 2. The Hall–Kier alpha value is -2.00. The van der Waals surface area contributed by atoms with Gasteiger partial charge in [0.25, 0.3) is 0 Å². The van der Waals surface area contributed by atoms with Crippen molar-refractivity contribution in [2.75, 3.05) is 5.73 Å². The van der Waals surface area contributed by atoms with Crippen LogP contribution in [0.4, 0.5) is 5.69 Å². The van der Waals surface area contributed by atoms with Crippen LogP contribution in [0.3, 0.4) is 0 Å². The van der Waals surface area contributed by atoms with Crippen LogP contribution >= 0.6 is 11.6 Å². The Morgan fingerprint density at radius 1 is 1.06 bits per heavy atom. The van der Waals surface area contributed by atoms with Gasteiger partial charge in [0.15, 0.2) is 0 Å². The maximum Gasteiger partial charge on any atom is 0.335 e. The summed E-state index contributed by atoms with van der Waals surface area (Å²) in [6.45, 7) is 0. The SMILES string of the molecule is Nc1cc(-c2ccc(C(=O)O)cc2)ccc1Cl. The van der Waals surface area contributed by atoms with E-state index >= 15 is 0 Å². The lowest BCUT2D eigenvalue weighted by atomic mass is 10.0. The molecule has 0 aliphatic heterocycles. The predicted octanol–water partition coefficient (Wildman–Crippen LogP) is 3.29. The number of aromatic carboxylic acids is 1. The van der Waals surface area contributed by atoms with Crippen molar-refractivity contribution < 1.29 is 9.90 Å². The first kappa shape index (κ1) is 11.5. The van der Waals surface area contributed by atoms with Gasteiger partial charge in [-0.25, -0.2) is 4.79 Å². The molecule has 0 amide bonds. The summed E-state index contributed by atoms with van der Waals surface area (Å²) in [5.74, 6) is -0.938. The maximum absolute atomic E-state index is 10.7. The molecule has 0 aliphatic carbocycles. The Bertz CT molecular complexity index is 564. The van der Waals surface area contributed by atoms with Crippen LogP contribution in [0.15, 0.2) is 42.5 Å². The van der Waals surface area contributed by atoms with Crippen LogP contribution in [-0.4, -0.2) is 11.1 Å². The fourth-order valence-corrected chi connectivity index (χ4v) is 1.65. The summed E-state index contributed by atoms with van der Waals surface area (Å²) in [5.41, 5.74) is 8.28. The summed E-state index contributed by atoms with van der Waals surface area (Å²) in [6, 6.07) is 11.9. The van der Waals surface area contributed by atoms with Gasteiger partial charge >= 0.3 is 5.97 Å². The van der Waals surface area contributed by atoms with Crippen LogP contribution in [0.2, 0.25) is 5.02 Å². The van der Waals surface area contributed by atoms with Gasteiger partial charge in [0.2, 0.25) is 0 Å². The molecular formula is C13H10ClNO2. The highest BCUT2D eigenvalue weighted by Crippen LogP contribution is 2.26. The fraction of sp³-hybridized carbons (Fsp3) is 0. The summed E-state index contributed by atoms with van der Waals surface area (Å²) in [5, 5.41) is 9.30. The third-order valence-electron chi connectivity index (χ3n) is 2.46. The lowest BCUT2D eigenvalue weighted by molar-refractivity contribution is 0.0697. The van der Waals surface area contributed by atoms with Crippen LogP contribution in [0.25, 0.3) is 11.1 Å². The predicted molar refractivity (Wildman–Crippen MR) is 68.3 cm³/mol. The molecule has 86 valence electrons. The maximum atomic E-state index is 10.7. The molecule has 0 radical (unpaired) electrons. The Kier molecular flexibility index (Phi) is 3.02. The van der Waals surface area contributed by atoms with Gasteiger partial charge in [-0.05, 0) is 35.4 Å². The summed E-state index contributed by atoms with van der Waals surface area (Å²) in [7, 11) is 0. The van der Waals surface area contributed by atoms with Gasteiger partial charge in [-0.1, -0.05) is 29.8 Å². The zero-order valence-electron chi connectivity index (χ0n) is 8.85. The van der Waals surface area contributed by atoms with E-state index in [0.29, 0.717) is 10.7 Å². The van der Waals surface area contributed by atoms with Crippen molar-refractivity contribution in [3.05, 3.63) is 53.1 Å². The molecule has 0 fully saturated rings. The zero-order chi connectivity index (χ0) is 12.4. The first-order valence-corrected chi connectivity index (χ1v) is 5.34. The lowest BCUT2D eigenvalue weighted by Gasteiger charge is -2.04.